The summed E-state index contributed by atoms with van der Waals surface area (Å²) in [5, 5.41) is 3.40. The summed E-state index contributed by atoms with van der Waals surface area (Å²) < 4.78 is 4.86. The molecule has 0 spiro atoms. The van der Waals surface area contributed by atoms with Crippen LogP contribution < -0.4 is 5.32 Å². The molecule has 1 heterocycles. The highest BCUT2D eigenvalue weighted by Gasteiger charge is 2.28. The molecule has 1 amide bonds. The minimum absolute atomic E-state index is 0.170. The first kappa shape index (κ1) is 15.3. The zero-order chi connectivity index (χ0) is 14.7. The lowest BCUT2D eigenvalue weighted by Gasteiger charge is -2.18. The van der Waals surface area contributed by atoms with Gasteiger partial charge in [0, 0.05) is 17.2 Å². The molecule has 0 aromatic carbocycles. The van der Waals surface area contributed by atoms with Gasteiger partial charge in [-0.15, -0.1) is 22.9 Å². The smallest absolute Gasteiger partial charge is 0.341 e. The maximum absolute atomic E-state index is 12.0. The van der Waals surface area contributed by atoms with Crippen LogP contribution in [0.15, 0.2) is 0 Å². The normalized spacial score (nSPS) is 17.4. The maximum atomic E-state index is 12.0. The zero-order valence-corrected chi connectivity index (χ0v) is 13.2. The van der Waals surface area contributed by atoms with Gasteiger partial charge in [0.05, 0.1) is 12.7 Å². The van der Waals surface area contributed by atoms with Gasteiger partial charge < -0.3 is 10.1 Å². The van der Waals surface area contributed by atoms with Gasteiger partial charge in [-0.1, -0.05) is 6.92 Å². The highest BCUT2D eigenvalue weighted by molar-refractivity contribution is 7.17. The van der Waals surface area contributed by atoms with Gasteiger partial charge in [-0.3, -0.25) is 4.79 Å². The molecule has 0 fully saturated rings. The SMILES string of the molecule is COC(=O)c1c(NC(=O)CCCl)sc2c1CC[C@@H](C)C2. The summed E-state index contributed by atoms with van der Waals surface area (Å²) in [6, 6.07) is 0. The number of fused-ring (bicyclic) bond motifs is 1. The van der Waals surface area contributed by atoms with E-state index in [0.717, 1.165) is 24.8 Å². The molecule has 1 atom stereocenters. The Kier molecular flexibility index (Phi) is 5.05. The van der Waals surface area contributed by atoms with Crippen LogP contribution in [0.25, 0.3) is 0 Å². The van der Waals surface area contributed by atoms with Crippen LogP contribution >= 0.6 is 22.9 Å². The number of methoxy groups -OCH3 is 1. The van der Waals surface area contributed by atoms with E-state index in [1.165, 1.54) is 23.3 Å². The quantitative estimate of drug-likeness (QED) is 0.685. The molecule has 0 unspecified atom stereocenters. The molecular formula is C14H18ClNO3S. The van der Waals surface area contributed by atoms with Gasteiger partial charge in [0.2, 0.25) is 5.91 Å². The number of thiophene rings is 1. The summed E-state index contributed by atoms with van der Waals surface area (Å²) in [6.45, 7) is 2.20. The number of carbonyl (C=O) groups excluding carboxylic acids is 2. The molecule has 6 heteroatoms. The van der Waals surface area contributed by atoms with E-state index in [2.05, 4.69) is 12.2 Å². The lowest BCUT2D eigenvalue weighted by atomic mass is 9.88. The fourth-order valence-electron chi connectivity index (χ4n) is 2.43. The molecule has 0 bridgehead atoms. The van der Waals surface area contributed by atoms with Gasteiger partial charge in [-0.2, -0.15) is 0 Å². The Labute approximate surface area is 127 Å². The molecule has 20 heavy (non-hydrogen) atoms. The van der Waals surface area contributed by atoms with Crippen molar-refractivity contribution in [2.75, 3.05) is 18.3 Å². The van der Waals surface area contributed by atoms with Gasteiger partial charge >= 0.3 is 5.97 Å². The number of rotatable bonds is 4. The molecule has 1 N–H and O–H groups in total. The van der Waals surface area contributed by atoms with E-state index in [9.17, 15) is 9.59 Å². The van der Waals surface area contributed by atoms with Crippen molar-refractivity contribution < 1.29 is 14.3 Å². The maximum Gasteiger partial charge on any atom is 0.341 e. The molecule has 0 aliphatic heterocycles. The lowest BCUT2D eigenvalue weighted by molar-refractivity contribution is -0.115. The van der Waals surface area contributed by atoms with Crippen LogP contribution in [0.1, 0.15) is 40.6 Å². The minimum atomic E-state index is -0.377. The first-order chi connectivity index (χ1) is 9.56. The molecule has 4 nitrogen and oxygen atoms in total. The van der Waals surface area contributed by atoms with E-state index in [0.29, 0.717) is 16.5 Å². The molecule has 0 radical (unpaired) electrons. The van der Waals surface area contributed by atoms with Crippen LogP contribution in [0, 0.1) is 5.92 Å². The third kappa shape index (κ3) is 3.15. The number of carbonyl (C=O) groups is 2. The van der Waals surface area contributed by atoms with Crippen molar-refractivity contribution in [3.8, 4) is 0 Å². The van der Waals surface area contributed by atoms with Gasteiger partial charge in [-0.25, -0.2) is 4.79 Å². The topological polar surface area (TPSA) is 55.4 Å². The highest BCUT2D eigenvalue weighted by Crippen LogP contribution is 2.40. The van der Waals surface area contributed by atoms with Gasteiger partial charge in [0.25, 0.3) is 0 Å². The van der Waals surface area contributed by atoms with Crippen LogP contribution in [0.2, 0.25) is 0 Å². The summed E-state index contributed by atoms with van der Waals surface area (Å²) in [6.07, 6.45) is 3.11. The van der Waals surface area contributed by atoms with Gasteiger partial charge in [0.1, 0.15) is 5.00 Å². The monoisotopic (exact) mass is 315 g/mol. The van der Waals surface area contributed by atoms with Crippen molar-refractivity contribution >= 4 is 39.8 Å². The second-order valence-corrected chi connectivity index (χ2v) is 6.52. The molecule has 110 valence electrons. The second kappa shape index (κ2) is 6.59. The Hall–Kier alpha value is -1.07. The first-order valence-electron chi connectivity index (χ1n) is 6.65. The van der Waals surface area contributed by atoms with Crippen LogP contribution in [0.3, 0.4) is 0 Å². The molecule has 1 aliphatic carbocycles. The number of esters is 1. The summed E-state index contributed by atoms with van der Waals surface area (Å²) in [5.74, 6) is 0.328. The Morgan fingerprint density at radius 2 is 2.25 bits per heavy atom. The Morgan fingerprint density at radius 1 is 1.50 bits per heavy atom. The number of hydrogen-bond donors (Lipinski definition) is 1. The Morgan fingerprint density at radius 3 is 2.90 bits per heavy atom. The number of nitrogens with one attached hydrogen (secondary N) is 1. The van der Waals surface area contributed by atoms with Crippen molar-refractivity contribution in [1.29, 1.82) is 0 Å². The molecule has 0 saturated carbocycles. The number of anilines is 1. The molecule has 2 rings (SSSR count). The summed E-state index contributed by atoms with van der Waals surface area (Å²) in [7, 11) is 1.36. The van der Waals surface area contributed by atoms with E-state index in [1.54, 1.807) is 0 Å². The summed E-state index contributed by atoms with van der Waals surface area (Å²) in [5.41, 5.74) is 1.57. The average Bonchev–Trinajstić information content (AvgIpc) is 2.74. The van der Waals surface area contributed by atoms with Crippen LogP contribution in [-0.2, 0) is 22.4 Å². The average molecular weight is 316 g/mol. The number of halogens is 1. The number of hydrogen-bond acceptors (Lipinski definition) is 4. The molecular weight excluding hydrogens is 298 g/mol. The lowest BCUT2D eigenvalue weighted by Crippen LogP contribution is -2.16. The van der Waals surface area contributed by atoms with E-state index in [4.69, 9.17) is 16.3 Å². The summed E-state index contributed by atoms with van der Waals surface area (Å²) in [4.78, 5) is 24.9. The predicted molar refractivity (Wildman–Crippen MR) is 80.8 cm³/mol. The van der Waals surface area contributed by atoms with Crippen molar-refractivity contribution in [2.45, 2.75) is 32.6 Å². The van der Waals surface area contributed by atoms with E-state index < -0.39 is 0 Å². The van der Waals surface area contributed by atoms with Crippen LogP contribution in [-0.4, -0.2) is 24.9 Å². The number of amides is 1. The van der Waals surface area contributed by atoms with Crippen molar-refractivity contribution in [2.24, 2.45) is 5.92 Å². The van der Waals surface area contributed by atoms with Crippen molar-refractivity contribution in [1.82, 2.24) is 0 Å². The van der Waals surface area contributed by atoms with Gasteiger partial charge in [-0.05, 0) is 30.7 Å². The number of ether oxygens (including phenoxy) is 1. The van der Waals surface area contributed by atoms with Crippen LogP contribution in [0.4, 0.5) is 5.00 Å². The summed E-state index contributed by atoms with van der Waals surface area (Å²) >= 11 is 7.05. The number of alkyl halides is 1. The molecule has 0 saturated heterocycles. The second-order valence-electron chi connectivity index (χ2n) is 5.03. The highest BCUT2D eigenvalue weighted by atomic mass is 35.5. The first-order valence-corrected chi connectivity index (χ1v) is 8.00. The van der Waals surface area contributed by atoms with Gasteiger partial charge in [0.15, 0.2) is 0 Å². The van der Waals surface area contributed by atoms with Crippen LogP contribution in [0.5, 0.6) is 0 Å². The largest absolute Gasteiger partial charge is 0.465 e. The van der Waals surface area contributed by atoms with E-state index >= 15 is 0 Å². The van der Waals surface area contributed by atoms with Crippen molar-refractivity contribution in [3.63, 3.8) is 0 Å². The van der Waals surface area contributed by atoms with Crippen molar-refractivity contribution in [3.05, 3.63) is 16.0 Å². The third-order valence-corrected chi connectivity index (χ3v) is 4.83. The predicted octanol–water partition coefficient (Wildman–Crippen LogP) is 3.23. The van der Waals surface area contributed by atoms with E-state index in [-0.39, 0.29) is 24.2 Å². The molecule has 1 aromatic rings. The standard InChI is InChI=1S/C14H18ClNO3S/c1-8-3-4-9-10(7-8)20-13(12(9)14(18)19-2)16-11(17)5-6-15/h8H,3-7H2,1-2H3,(H,16,17)/t8-/m1/s1. The third-order valence-electron chi connectivity index (χ3n) is 3.48. The Bertz CT molecular complexity index is 527. The fourth-order valence-corrected chi connectivity index (χ4v) is 4.02. The Balaban J connectivity index is 2.35. The van der Waals surface area contributed by atoms with E-state index in [1.807, 2.05) is 0 Å². The zero-order valence-electron chi connectivity index (χ0n) is 11.6. The minimum Gasteiger partial charge on any atom is -0.465 e. The fraction of sp³-hybridized carbons (Fsp3) is 0.571. The molecule has 1 aliphatic rings. The molecule has 1 aromatic heterocycles.